The highest BCUT2D eigenvalue weighted by Gasteiger charge is 2.17. The molecule has 30 heavy (non-hydrogen) atoms. The Morgan fingerprint density at radius 1 is 1.20 bits per heavy atom. The second kappa shape index (κ2) is 13.2. The third-order valence-corrected chi connectivity index (χ3v) is 5.46. The minimum absolute atomic E-state index is 0.178. The van der Waals surface area contributed by atoms with Gasteiger partial charge in [0, 0.05) is 36.3 Å². The molecule has 2 aromatic rings. The number of hydrogen-bond acceptors (Lipinski definition) is 5. The summed E-state index contributed by atoms with van der Waals surface area (Å²) in [6.07, 6.45) is 4.41. The number of amides is 3. The lowest BCUT2D eigenvalue weighted by atomic mass is 10.2. The third-order valence-electron chi connectivity index (χ3n) is 4.37. The number of hydrogen-bond donors (Lipinski definition) is 2. The minimum Gasteiger partial charge on any atom is -0.383 e. The van der Waals surface area contributed by atoms with E-state index in [0.717, 1.165) is 19.3 Å². The minimum atomic E-state index is -0.272. The Bertz CT molecular complexity index is 798. The second-order valence-electron chi connectivity index (χ2n) is 6.79. The van der Waals surface area contributed by atoms with Crippen LogP contribution < -0.4 is 10.6 Å². The predicted molar refractivity (Wildman–Crippen MR) is 121 cm³/mol. The Morgan fingerprint density at radius 3 is 2.67 bits per heavy atom. The van der Waals surface area contributed by atoms with Crippen LogP contribution >= 0.6 is 22.9 Å². The van der Waals surface area contributed by atoms with Gasteiger partial charge in [-0.25, -0.2) is 9.78 Å². The third kappa shape index (κ3) is 8.30. The van der Waals surface area contributed by atoms with Crippen molar-refractivity contribution in [3.63, 3.8) is 0 Å². The maximum absolute atomic E-state index is 12.7. The van der Waals surface area contributed by atoms with Crippen molar-refractivity contribution < 1.29 is 14.3 Å². The average molecular weight is 453 g/mol. The molecule has 0 atom stereocenters. The van der Waals surface area contributed by atoms with Crippen LogP contribution in [0.1, 0.15) is 48.1 Å². The van der Waals surface area contributed by atoms with Gasteiger partial charge in [0.25, 0.3) is 5.91 Å². The Morgan fingerprint density at radius 2 is 1.97 bits per heavy atom. The van der Waals surface area contributed by atoms with Gasteiger partial charge in [-0.3, -0.25) is 4.79 Å². The van der Waals surface area contributed by atoms with Gasteiger partial charge in [-0.2, -0.15) is 0 Å². The summed E-state index contributed by atoms with van der Waals surface area (Å²) in [5.41, 5.74) is 1.03. The van der Waals surface area contributed by atoms with Crippen molar-refractivity contribution in [3.05, 3.63) is 45.4 Å². The normalized spacial score (nSPS) is 10.6. The van der Waals surface area contributed by atoms with E-state index in [1.54, 1.807) is 41.7 Å². The Balaban J connectivity index is 1.93. The number of methoxy groups -OCH3 is 1. The van der Waals surface area contributed by atoms with Crippen LogP contribution in [0.3, 0.4) is 0 Å². The number of carbonyl (C=O) groups is 2. The van der Waals surface area contributed by atoms with Gasteiger partial charge in [-0.05, 0) is 30.7 Å². The van der Waals surface area contributed by atoms with E-state index in [2.05, 4.69) is 22.5 Å². The molecule has 2 N–H and O–H groups in total. The van der Waals surface area contributed by atoms with Crippen LogP contribution in [-0.2, 0) is 11.3 Å². The smallest absolute Gasteiger partial charge is 0.322 e. The van der Waals surface area contributed by atoms with Gasteiger partial charge in [0.1, 0.15) is 10.7 Å². The van der Waals surface area contributed by atoms with Gasteiger partial charge in [0.2, 0.25) is 0 Å². The molecule has 0 fully saturated rings. The van der Waals surface area contributed by atoms with E-state index in [1.807, 2.05) is 0 Å². The van der Waals surface area contributed by atoms with Crippen molar-refractivity contribution in [2.24, 2.45) is 0 Å². The average Bonchev–Trinajstić information content (AvgIpc) is 3.21. The van der Waals surface area contributed by atoms with Crippen LogP contribution in [0.25, 0.3) is 0 Å². The van der Waals surface area contributed by atoms with Crippen LogP contribution in [0.4, 0.5) is 10.5 Å². The number of halogens is 1. The second-order valence-corrected chi connectivity index (χ2v) is 8.17. The zero-order valence-corrected chi connectivity index (χ0v) is 19.0. The zero-order chi connectivity index (χ0) is 21.8. The molecule has 0 bridgehead atoms. The number of carbonyl (C=O) groups excluding carboxylic acids is 2. The Labute approximate surface area is 186 Å². The van der Waals surface area contributed by atoms with Crippen LogP contribution in [0, 0.1) is 0 Å². The number of rotatable bonds is 12. The highest BCUT2D eigenvalue weighted by atomic mass is 35.5. The van der Waals surface area contributed by atoms with Crippen LogP contribution in [0.2, 0.25) is 5.02 Å². The zero-order valence-electron chi connectivity index (χ0n) is 17.4. The number of thiazole rings is 1. The number of nitrogens with zero attached hydrogens (tertiary/aromatic N) is 2. The molecule has 0 spiro atoms. The number of urea groups is 1. The lowest BCUT2D eigenvalue weighted by molar-refractivity contribution is 0.0948. The first-order valence-corrected chi connectivity index (χ1v) is 11.3. The highest BCUT2D eigenvalue weighted by molar-refractivity contribution is 7.09. The van der Waals surface area contributed by atoms with Gasteiger partial charge >= 0.3 is 6.03 Å². The molecule has 0 aliphatic carbocycles. The summed E-state index contributed by atoms with van der Waals surface area (Å²) in [5.74, 6) is -0.178. The van der Waals surface area contributed by atoms with Crippen molar-refractivity contribution in [2.45, 2.75) is 39.2 Å². The van der Waals surface area contributed by atoms with Crippen molar-refractivity contribution in [2.75, 3.05) is 32.1 Å². The molecule has 9 heteroatoms. The molecule has 3 amide bonds. The monoisotopic (exact) mass is 452 g/mol. The summed E-state index contributed by atoms with van der Waals surface area (Å²) in [6.45, 7) is 3.88. The standard InChI is InChI=1S/C21H29ClN4O3S/c1-3-4-5-6-11-23-20(27)18-15-30-19(25-18)14-26(12-13-29-2)21(28)24-17-9-7-16(22)8-10-17/h7-10,15H,3-6,11-14H2,1-2H3,(H,23,27)(H,24,28). The van der Waals surface area contributed by atoms with E-state index in [0.29, 0.717) is 41.1 Å². The van der Waals surface area contributed by atoms with E-state index in [9.17, 15) is 9.59 Å². The molecule has 7 nitrogen and oxygen atoms in total. The fourth-order valence-electron chi connectivity index (χ4n) is 2.68. The highest BCUT2D eigenvalue weighted by Crippen LogP contribution is 2.16. The number of benzene rings is 1. The van der Waals surface area contributed by atoms with E-state index in [4.69, 9.17) is 16.3 Å². The first-order valence-electron chi connectivity index (χ1n) is 10.1. The molecule has 1 heterocycles. The number of anilines is 1. The first-order chi connectivity index (χ1) is 14.5. The molecule has 0 aliphatic heterocycles. The number of nitrogens with one attached hydrogen (secondary N) is 2. The molecule has 0 saturated carbocycles. The van der Waals surface area contributed by atoms with Gasteiger partial charge in [-0.15, -0.1) is 11.3 Å². The lowest BCUT2D eigenvalue weighted by Crippen LogP contribution is -2.36. The fourth-order valence-corrected chi connectivity index (χ4v) is 3.60. The van der Waals surface area contributed by atoms with Crippen molar-refractivity contribution >= 4 is 40.6 Å². The molecular formula is C21H29ClN4O3S. The van der Waals surface area contributed by atoms with Crippen LogP contribution in [0.15, 0.2) is 29.6 Å². The largest absolute Gasteiger partial charge is 0.383 e. The quantitative estimate of drug-likeness (QED) is 0.453. The summed E-state index contributed by atoms with van der Waals surface area (Å²) in [4.78, 5) is 31.0. The SMILES string of the molecule is CCCCCCNC(=O)c1csc(CN(CCOC)C(=O)Nc2ccc(Cl)cc2)n1. The maximum Gasteiger partial charge on any atom is 0.322 e. The Kier molecular flexibility index (Phi) is 10.6. The first kappa shape index (κ1) is 24.1. The van der Waals surface area contributed by atoms with Gasteiger partial charge < -0.3 is 20.3 Å². The van der Waals surface area contributed by atoms with E-state index in [-0.39, 0.29) is 18.5 Å². The molecule has 1 aromatic carbocycles. The molecular weight excluding hydrogens is 424 g/mol. The van der Waals surface area contributed by atoms with Gasteiger partial charge in [0.05, 0.1) is 13.2 Å². The summed E-state index contributed by atoms with van der Waals surface area (Å²) >= 11 is 7.25. The van der Waals surface area contributed by atoms with E-state index >= 15 is 0 Å². The molecule has 1 aromatic heterocycles. The van der Waals surface area contributed by atoms with E-state index < -0.39 is 0 Å². The molecule has 0 aliphatic rings. The maximum atomic E-state index is 12.7. The predicted octanol–water partition coefficient (Wildman–Crippen LogP) is 4.79. The van der Waals surface area contributed by atoms with E-state index in [1.165, 1.54) is 17.8 Å². The molecule has 0 radical (unpaired) electrons. The van der Waals surface area contributed by atoms with Crippen molar-refractivity contribution in [1.29, 1.82) is 0 Å². The van der Waals surface area contributed by atoms with Crippen LogP contribution in [-0.4, -0.2) is 48.6 Å². The number of ether oxygens (including phenoxy) is 1. The summed E-state index contributed by atoms with van der Waals surface area (Å²) in [5, 5.41) is 8.76. The fraction of sp³-hybridized carbons (Fsp3) is 0.476. The molecule has 2 rings (SSSR count). The van der Waals surface area contributed by atoms with Crippen LogP contribution in [0.5, 0.6) is 0 Å². The number of unbranched alkanes of at least 4 members (excludes halogenated alkanes) is 3. The molecule has 0 saturated heterocycles. The topological polar surface area (TPSA) is 83.6 Å². The molecule has 164 valence electrons. The van der Waals surface area contributed by atoms with Gasteiger partial charge in [-0.1, -0.05) is 37.8 Å². The Hall–Kier alpha value is -2.16. The van der Waals surface area contributed by atoms with Crippen molar-refractivity contribution in [1.82, 2.24) is 15.2 Å². The van der Waals surface area contributed by atoms with Crippen molar-refractivity contribution in [3.8, 4) is 0 Å². The van der Waals surface area contributed by atoms with Gasteiger partial charge in [0.15, 0.2) is 0 Å². The number of aromatic nitrogens is 1. The summed E-state index contributed by atoms with van der Waals surface area (Å²) in [6, 6.07) is 6.63. The lowest BCUT2D eigenvalue weighted by Gasteiger charge is -2.21. The summed E-state index contributed by atoms with van der Waals surface area (Å²) < 4.78 is 5.12. The summed E-state index contributed by atoms with van der Waals surface area (Å²) in [7, 11) is 1.58. The molecule has 0 unspecified atom stereocenters.